The summed E-state index contributed by atoms with van der Waals surface area (Å²) < 4.78 is 11.3. The normalized spacial score (nSPS) is 10.8. The number of methoxy groups -OCH3 is 2. The summed E-state index contributed by atoms with van der Waals surface area (Å²) in [6.45, 7) is 3.53. The van der Waals surface area contributed by atoms with Gasteiger partial charge in [0.2, 0.25) is 0 Å². The van der Waals surface area contributed by atoms with Gasteiger partial charge in [0.25, 0.3) is 5.69 Å². The average molecular weight is 462 g/mol. The van der Waals surface area contributed by atoms with Crippen LogP contribution >= 0.6 is 0 Å². The summed E-state index contributed by atoms with van der Waals surface area (Å²) in [5.41, 5.74) is 2.94. The molecule has 0 aliphatic rings. The average Bonchev–Trinajstić information content (AvgIpc) is 3.14. The van der Waals surface area contributed by atoms with Crippen molar-refractivity contribution in [3.8, 4) is 5.69 Å². The van der Waals surface area contributed by atoms with Crippen LogP contribution in [0.4, 0.5) is 5.69 Å². The van der Waals surface area contributed by atoms with Crippen LogP contribution in [0, 0.1) is 24.0 Å². The Kier molecular flexibility index (Phi) is 7.06. The van der Waals surface area contributed by atoms with Crippen LogP contribution in [0.25, 0.3) is 11.8 Å². The Morgan fingerprint density at radius 3 is 2.12 bits per heavy atom. The lowest BCUT2D eigenvalue weighted by atomic mass is 10.1. The molecule has 1 aromatic heterocycles. The smallest absolute Gasteiger partial charge is 0.337 e. The number of esters is 2. The zero-order chi connectivity index (χ0) is 25.0. The molecule has 1 heterocycles. The van der Waals surface area contributed by atoms with Crippen molar-refractivity contribution in [1.82, 2.24) is 4.57 Å². The maximum absolute atomic E-state index is 12.9. The molecule has 0 bridgehead atoms. The van der Waals surface area contributed by atoms with Crippen LogP contribution in [0.2, 0.25) is 0 Å². The first-order valence-corrected chi connectivity index (χ1v) is 10.1. The lowest BCUT2D eigenvalue weighted by Crippen LogP contribution is -2.10. The first-order valence-electron chi connectivity index (χ1n) is 10.1. The number of ketones is 1. The van der Waals surface area contributed by atoms with Crippen LogP contribution in [-0.4, -0.2) is 41.4 Å². The Bertz CT molecular complexity index is 1300. The molecule has 3 aromatic rings. The number of rotatable bonds is 7. The van der Waals surface area contributed by atoms with E-state index in [-0.39, 0.29) is 22.6 Å². The van der Waals surface area contributed by atoms with E-state index < -0.39 is 16.9 Å². The first-order chi connectivity index (χ1) is 16.2. The molecule has 0 radical (unpaired) electrons. The van der Waals surface area contributed by atoms with Gasteiger partial charge in [-0.15, -0.1) is 0 Å². The molecule has 0 amide bonds. The quantitative estimate of drug-likeness (QED) is 0.167. The molecule has 0 atom stereocenters. The third-order valence-corrected chi connectivity index (χ3v) is 5.22. The summed E-state index contributed by atoms with van der Waals surface area (Å²) in [6.07, 6.45) is 2.85. The van der Waals surface area contributed by atoms with Gasteiger partial charge < -0.3 is 14.0 Å². The number of hydrogen-bond donors (Lipinski definition) is 0. The molecule has 174 valence electrons. The van der Waals surface area contributed by atoms with Gasteiger partial charge in [0.05, 0.1) is 30.3 Å². The Morgan fingerprint density at radius 1 is 0.941 bits per heavy atom. The summed E-state index contributed by atoms with van der Waals surface area (Å²) in [6, 6.07) is 12.1. The third-order valence-electron chi connectivity index (χ3n) is 5.22. The van der Waals surface area contributed by atoms with Gasteiger partial charge in [-0.2, -0.15) is 0 Å². The molecule has 2 aromatic carbocycles. The molecule has 0 aliphatic carbocycles. The minimum Gasteiger partial charge on any atom is -0.465 e. The second-order valence-electron chi connectivity index (χ2n) is 7.42. The number of ether oxygens (including phenoxy) is 2. The van der Waals surface area contributed by atoms with Crippen LogP contribution in [0.3, 0.4) is 0 Å². The van der Waals surface area contributed by atoms with E-state index in [1.165, 1.54) is 44.6 Å². The van der Waals surface area contributed by atoms with Gasteiger partial charge in [-0.25, -0.2) is 9.59 Å². The van der Waals surface area contributed by atoms with Crippen molar-refractivity contribution < 1.29 is 28.8 Å². The van der Waals surface area contributed by atoms with E-state index >= 15 is 0 Å². The van der Waals surface area contributed by atoms with Crippen LogP contribution in [-0.2, 0) is 9.47 Å². The highest BCUT2D eigenvalue weighted by atomic mass is 16.6. The summed E-state index contributed by atoms with van der Waals surface area (Å²) in [5.74, 6) is -1.54. The molecule has 0 fully saturated rings. The SMILES string of the molecule is COC(=O)c1cc(C(=O)OC)cc(-n2c(C)cc(C(=O)C=Cc3cccc([N+](=O)[O-])c3)c2C)c1. The lowest BCUT2D eigenvalue weighted by molar-refractivity contribution is -0.384. The highest BCUT2D eigenvalue weighted by Gasteiger charge is 2.19. The van der Waals surface area contributed by atoms with Crippen LogP contribution in [0.1, 0.15) is 48.0 Å². The number of allylic oxidation sites excluding steroid dienone is 1. The molecular formula is C25H22N2O7. The lowest BCUT2D eigenvalue weighted by Gasteiger charge is -2.13. The molecule has 3 rings (SSSR count). The van der Waals surface area contributed by atoms with E-state index in [1.54, 1.807) is 48.7 Å². The maximum Gasteiger partial charge on any atom is 0.337 e. The molecule has 9 nitrogen and oxygen atoms in total. The minimum absolute atomic E-state index is 0.0697. The van der Waals surface area contributed by atoms with Crippen LogP contribution < -0.4 is 0 Å². The predicted molar refractivity (Wildman–Crippen MR) is 124 cm³/mol. The number of nitrogens with zero attached hydrogens (tertiary/aromatic N) is 2. The van der Waals surface area contributed by atoms with Crippen molar-refractivity contribution in [3.05, 3.63) is 98.4 Å². The molecule has 0 saturated heterocycles. The molecule has 34 heavy (non-hydrogen) atoms. The number of carbonyl (C=O) groups is 3. The van der Waals surface area contributed by atoms with Crippen LogP contribution in [0.15, 0.2) is 54.6 Å². The second kappa shape index (κ2) is 9.95. The molecule has 0 spiro atoms. The Morgan fingerprint density at radius 2 is 1.56 bits per heavy atom. The van der Waals surface area contributed by atoms with Crippen molar-refractivity contribution in [2.75, 3.05) is 14.2 Å². The van der Waals surface area contributed by atoms with E-state index in [0.717, 1.165) is 0 Å². The van der Waals surface area contributed by atoms with Gasteiger partial charge in [0.1, 0.15) is 0 Å². The van der Waals surface area contributed by atoms with E-state index in [0.29, 0.717) is 28.2 Å². The fourth-order valence-corrected chi connectivity index (χ4v) is 3.62. The van der Waals surface area contributed by atoms with E-state index in [1.807, 2.05) is 0 Å². The third kappa shape index (κ3) is 4.93. The number of nitro groups is 1. The molecular weight excluding hydrogens is 440 g/mol. The van der Waals surface area contributed by atoms with E-state index in [9.17, 15) is 24.5 Å². The highest BCUT2D eigenvalue weighted by Crippen LogP contribution is 2.25. The number of benzene rings is 2. The Hall–Kier alpha value is -4.53. The molecule has 0 N–H and O–H groups in total. The zero-order valence-electron chi connectivity index (χ0n) is 19.0. The second-order valence-corrected chi connectivity index (χ2v) is 7.42. The first kappa shape index (κ1) is 24.1. The standard InChI is InChI=1S/C25H22N2O7/c1-15-10-22(23(28)9-8-17-6-5-7-20(11-17)27(31)32)16(2)26(15)21-13-18(24(29)33-3)12-19(14-21)25(30)34-4/h5-14H,1-4H3. The fraction of sp³-hybridized carbons (Fsp3) is 0.160. The van der Waals surface area contributed by atoms with Crippen molar-refractivity contribution in [2.24, 2.45) is 0 Å². The number of nitro benzene ring substituents is 1. The van der Waals surface area contributed by atoms with Gasteiger partial charge in [-0.3, -0.25) is 14.9 Å². The van der Waals surface area contributed by atoms with Gasteiger partial charge in [-0.1, -0.05) is 18.2 Å². The number of hydrogen-bond acceptors (Lipinski definition) is 7. The zero-order valence-corrected chi connectivity index (χ0v) is 19.0. The Labute approximate surface area is 195 Å². The monoisotopic (exact) mass is 462 g/mol. The summed E-state index contributed by atoms with van der Waals surface area (Å²) in [4.78, 5) is 47.7. The summed E-state index contributed by atoms with van der Waals surface area (Å²) in [5, 5.41) is 11.0. The maximum atomic E-state index is 12.9. The largest absolute Gasteiger partial charge is 0.465 e. The van der Waals surface area contributed by atoms with E-state index in [2.05, 4.69) is 0 Å². The van der Waals surface area contributed by atoms with Gasteiger partial charge in [0, 0.05) is 34.8 Å². The number of aromatic nitrogens is 1. The molecule has 0 aliphatic heterocycles. The minimum atomic E-state index is -0.620. The van der Waals surface area contributed by atoms with Crippen molar-refractivity contribution in [3.63, 3.8) is 0 Å². The molecule has 0 saturated carbocycles. The topological polar surface area (TPSA) is 118 Å². The van der Waals surface area contributed by atoms with Crippen molar-refractivity contribution >= 4 is 29.5 Å². The van der Waals surface area contributed by atoms with Gasteiger partial charge >= 0.3 is 11.9 Å². The van der Waals surface area contributed by atoms with E-state index in [4.69, 9.17) is 9.47 Å². The van der Waals surface area contributed by atoms with Gasteiger partial charge in [0.15, 0.2) is 5.78 Å². The highest BCUT2D eigenvalue weighted by molar-refractivity contribution is 6.08. The predicted octanol–water partition coefficient (Wildman–Crippen LogP) is 4.47. The number of aryl methyl sites for hydroxylation is 1. The summed E-state index contributed by atoms with van der Waals surface area (Å²) >= 11 is 0. The Balaban J connectivity index is 2.02. The van der Waals surface area contributed by atoms with Gasteiger partial charge in [-0.05, 0) is 49.8 Å². The molecule has 9 heteroatoms. The van der Waals surface area contributed by atoms with Crippen molar-refractivity contribution in [2.45, 2.75) is 13.8 Å². The number of carbonyl (C=O) groups excluding carboxylic acids is 3. The van der Waals surface area contributed by atoms with Crippen LogP contribution in [0.5, 0.6) is 0 Å². The summed E-state index contributed by atoms with van der Waals surface area (Å²) in [7, 11) is 2.48. The fourth-order valence-electron chi connectivity index (χ4n) is 3.62. The van der Waals surface area contributed by atoms with Crippen molar-refractivity contribution in [1.29, 1.82) is 0 Å². The molecule has 0 unspecified atom stereocenters. The number of non-ortho nitro benzene ring substituents is 1.